The highest BCUT2D eigenvalue weighted by atomic mass is 79.9. The molecule has 1 aromatic rings. The molecule has 1 heterocycles. The van der Waals surface area contributed by atoms with Crippen LogP contribution in [-0.4, -0.2) is 29.3 Å². The van der Waals surface area contributed by atoms with Gasteiger partial charge in [0, 0.05) is 4.47 Å². The summed E-state index contributed by atoms with van der Waals surface area (Å²) in [6.45, 7) is 0.400. The minimum Gasteiger partial charge on any atom is -0.491 e. The van der Waals surface area contributed by atoms with E-state index in [1.807, 2.05) is 36.0 Å². The predicted octanol–water partition coefficient (Wildman–Crippen LogP) is 3.33. The third-order valence-corrected chi connectivity index (χ3v) is 4.62. The van der Waals surface area contributed by atoms with E-state index in [0.717, 1.165) is 23.1 Å². The largest absolute Gasteiger partial charge is 0.491 e. The summed E-state index contributed by atoms with van der Waals surface area (Å²) >= 11 is 5.36. The molecular formula is C13H17BrO2S. The second-order valence-electron chi connectivity index (χ2n) is 4.28. The highest BCUT2D eigenvalue weighted by molar-refractivity contribution is 9.10. The van der Waals surface area contributed by atoms with Crippen molar-refractivity contribution in [3.05, 3.63) is 28.7 Å². The standard InChI is InChI=1S/C13H17BrO2S/c14-11-1-3-12(4-2-11)16-9-13(15)10-5-7-17-8-6-10/h1-4,10,13,15H,5-9H2. The van der Waals surface area contributed by atoms with E-state index in [2.05, 4.69) is 15.9 Å². The average Bonchev–Trinajstić information content (AvgIpc) is 2.39. The molecule has 0 aliphatic carbocycles. The van der Waals surface area contributed by atoms with Crippen molar-refractivity contribution in [2.45, 2.75) is 18.9 Å². The molecule has 17 heavy (non-hydrogen) atoms. The predicted molar refractivity (Wildman–Crippen MR) is 75.7 cm³/mol. The van der Waals surface area contributed by atoms with Crippen molar-refractivity contribution < 1.29 is 9.84 Å². The highest BCUT2D eigenvalue weighted by Crippen LogP contribution is 2.26. The lowest BCUT2D eigenvalue weighted by atomic mass is 9.96. The van der Waals surface area contributed by atoms with E-state index < -0.39 is 0 Å². The van der Waals surface area contributed by atoms with Gasteiger partial charge in [-0.1, -0.05) is 15.9 Å². The molecule has 1 fully saturated rings. The minimum absolute atomic E-state index is 0.334. The normalized spacial score (nSPS) is 18.9. The molecule has 0 radical (unpaired) electrons. The Morgan fingerprint density at radius 2 is 1.94 bits per heavy atom. The Morgan fingerprint density at radius 3 is 2.59 bits per heavy atom. The molecule has 1 atom stereocenters. The number of ether oxygens (including phenoxy) is 1. The smallest absolute Gasteiger partial charge is 0.119 e. The van der Waals surface area contributed by atoms with E-state index in [9.17, 15) is 5.11 Å². The van der Waals surface area contributed by atoms with Crippen LogP contribution in [-0.2, 0) is 0 Å². The number of thioether (sulfide) groups is 1. The van der Waals surface area contributed by atoms with Crippen LogP contribution in [0.15, 0.2) is 28.7 Å². The number of hydrogen-bond donors (Lipinski definition) is 1. The van der Waals surface area contributed by atoms with Gasteiger partial charge in [-0.2, -0.15) is 11.8 Å². The zero-order valence-electron chi connectivity index (χ0n) is 9.64. The topological polar surface area (TPSA) is 29.5 Å². The zero-order chi connectivity index (χ0) is 12.1. The van der Waals surface area contributed by atoms with Crippen molar-refractivity contribution in [1.29, 1.82) is 0 Å². The Bertz CT molecular complexity index is 336. The lowest BCUT2D eigenvalue weighted by Gasteiger charge is -2.26. The van der Waals surface area contributed by atoms with E-state index in [0.29, 0.717) is 12.5 Å². The van der Waals surface area contributed by atoms with Gasteiger partial charge >= 0.3 is 0 Å². The van der Waals surface area contributed by atoms with E-state index in [1.54, 1.807) is 0 Å². The summed E-state index contributed by atoms with van der Waals surface area (Å²) in [5.74, 6) is 3.56. The number of hydrogen-bond acceptors (Lipinski definition) is 3. The van der Waals surface area contributed by atoms with E-state index in [4.69, 9.17) is 4.74 Å². The van der Waals surface area contributed by atoms with Gasteiger partial charge in [-0.25, -0.2) is 0 Å². The molecule has 1 saturated heterocycles. The Hall–Kier alpha value is -0.190. The molecule has 0 aromatic heterocycles. The van der Waals surface area contributed by atoms with Crippen molar-refractivity contribution >= 4 is 27.7 Å². The van der Waals surface area contributed by atoms with Crippen LogP contribution < -0.4 is 4.74 Å². The Labute approximate surface area is 115 Å². The van der Waals surface area contributed by atoms with Crippen LogP contribution in [0.3, 0.4) is 0 Å². The van der Waals surface area contributed by atoms with Crippen molar-refractivity contribution in [2.24, 2.45) is 5.92 Å². The van der Waals surface area contributed by atoms with Gasteiger partial charge in [0.2, 0.25) is 0 Å². The molecule has 0 saturated carbocycles. The van der Waals surface area contributed by atoms with Crippen LogP contribution >= 0.6 is 27.7 Å². The maximum atomic E-state index is 10.0. The lowest BCUT2D eigenvalue weighted by Crippen LogP contribution is -2.30. The maximum Gasteiger partial charge on any atom is 0.119 e. The summed E-state index contributed by atoms with van der Waals surface area (Å²) < 4.78 is 6.64. The first-order chi connectivity index (χ1) is 8.25. The number of aliphatic hydroxyl groups is 1. The van der Waals surface area contributed by atoms with Crippen LogP contribution in [0.2, 0.25) is 0 Å². The molecule has 94 valence electrons. The van der Waals surface area contributed by atoms with Crippen molar-refractivity contribution in [3.8, 4) is 5.75 Å². The molecule has 2 nitrogen and oxygen atoms in total. The monoisotopic (exact) mass is 316 g/mol. The molecule has 1 aromatic carbocycles. The van der Waals surface area contributed by atoms with Crippen molar-refractivity contribution in [3.63, 3.8) is 0 Å². The summed E-state index contributed by atoms with van der Waals surface area (Å²) in [5.41, 5.74) is 0. The number of aliphatic hydroxyl groups excluding tert-OH is 1. The Morgan fingerprint density at radius 1 is 1.29 bits per heavy atom. The third kappa shape index (κ3) is 4.19. The van der Waals surface area contributed by atoms with Crippen LogP contribution in [0, 0.1) is 5.92 Å². The SMILES string of the molecule is OC(COc1ccc(Br)cc1)C1CCSCC1. The van der Waals surface area contributed by atoms with Crippen LogP contribution in [0.5, 0.6) is 5.75 Å². The summed E-state index contributed by atoms with van der Waals surface area (Å²) in [5, 5.41) is 10.0. The fraction of sp³-hybridized carbons (Fsp3) is 0.538. The summed E-state index contributed by atoms with van der Waals surface area (Å²) in [6, 6.07) is 7.71. The number of rotatable bonds is 4. The summed E-state index contributed by atoms with van der Waals surface area (Å²) in [4.78, 5) is 0. The summed E-state index contributed by atoms with van der Waals surface area (Å²) in [6.07, 6.45) is 1.88. The van der Waals surface area contributed by atoms with Crippen LogP contribution in [0.25, 0.3) is 0 Å². The second-order valence-corrected chi connectivity index (χ2v) is 6.42. The van der Waals surface area contributed by atoms with Crippen LogP contribution in [0.1, 0.15) is 12.8 Å². The highest BCUT2D eigenvalue weighted by Gasteiger charge is 2.22. The van der Waals surface area contributed by atoms with E-state index >= 15 is 0 Å². The summed E-state index contributed by atoms with van der Waals surface area (Å²) in [7, 11) is 0. The Kier molecular flexibility index (Phi) is 5.19. The first kappa shape index (κ1) is 13.2. The molecule has 2 rings (SSSR count). The van der Waals surface area contributed by atoms with E-state index in [-0.39, 0.29) is 6.10 Å². The van der Waals surface area contributed by atoms with Crippen molar-refractivity contribution in [1.82, 2.24) is 0 Å². The molecule has 0 bridgehead atoms. The molecule has 0 spiro atoms. The first-order valence-electron chi connectivity index (χ1n) is 5.90. The van der Waals surface area contributed by atoms with Gasteiger partial charge in [0.15, 0.2) is 0 Å². The number of halogens is 1. The molecule has 1 N–H and O–H groups in total. The zero-order valence-corrected chi connectivity index (χ0v) is 12.0. The van der Waals surface area contributed by atoms with E-state index in [1.165, 1.54) is 11.5 Å². The van der Waals surface area contributed by atoms with Gasteiger partial charge in [0.25, 0.3) is 0 Å². The lowest BCUT2D eigenvalue weighted by molar-refractivity contribution is 0.0535. The molecule has 1 aliphatic heterocycles. The molecule has 4 heteroatoms. The van der Waals surface area contributed by atoms with Gasteiger partial charge in [-0.05, 0) is 54.5 Å². The van der Waals surface area contributed by atoms with Crippen molar-refractivity contribution in [2.75, 3.05) is 18.1 Å². The van der Waals surface area contributed by atoms with Gasteiger partial charge in [-0.3, -0.25) is 0 Å². The fourth-order valence-corrected chi connectivity index (χ4v) is 3.36. The average molecular weight is 317 g/mol. The van der Waals surface area contributed by atoms with Crippen LogP contribution in [0.4, 0.5) is 0 Å². The first-order valence-corrected chi connectivity index (χ1v) is 7.84. The van der Waals surface area contributed by atoms with Gasteiger partial charge in [0.1, 0.15) is 12.4 Å². The third-order valence-electron chi connectivity index (χ3n) is 3.04. The molecule has 1 unspecified atom stereocenters. The maximum absolute atomic E-state index is 10.0. The minimum atomic E-state index is -0.334. The molecule has 0 amide bonds. The van der Waals surface area contributed by atoms with Gasteiger partial charge < -0.3 is 9.84 Å². The molecule has 1 aliphatic rings. The van der Waals surface area contributed by atoms with Gasteiger partial charge in [-0.15, -0.1) is 0 Å². The fourth-order valence-electron chi connectivity index (χ4n) is 1.95. The second kappa shape index (κ2) is 6.66. The quantitative estimate of drug-likeness (QED) is 0.924. The molecular weight excluding hydrogens is 300 g/mol. The number of benzene rings is 1. The Balaban J connectivity index is 1.78. The van der Waals surface area contributed by atoms with Gasteiger partial charge in [0.05, 0.1) is 6.10 Å².